The van der Waals surface area contributed by atoms with E-state index in [-0.39, 0.29) is 17.9 Å². The Balaban J connectivity index is 1.87. The third-order valence-electron chi connectivity index (χ3n) is 4.51. The summed E-state index contributed by atoms with van der Waals surface area (Å²) in [6, 6.07) is 9.73. The fourth-order valence-corrected chi connectivity index (χ4v) is 3.46. The summed E-state index contributed by atoms with van der Waals surface area (Å²) in [6.07, 6.45) is 5.28. The van der Waals surface area contributed by atoms with Crippen molar-refractivity contribution in [2.45, 2.75) is 25.7 Å². The van der Waals surface area contributed by atoms with Crippen molar-refractivity contribution in [1.29, 1.82) is 0 Å². The number of thioether (sulfide) groups is 1. The van der Waals surface area contributed by atoms with Crippen molar-refractivity contribution in [3.05, 3.63) is 30.3 Å². The molecule has 1 N–H and O–H groups in total. The Hall–Kier alpha value is -1.20. The number of likely N-dealkylation sites (tertiary alicyclic amines) is 1. The molecule has 5 heteroatoms. The summed E-state index contributed by atoms with van der Waals surface area (Å²) in [5.41, 5.74) is -0.220. The highest BCUT2D eigenvalue weighted by Gasteiger charge is 2.36. The van der Waals surface area contributed by atoms with E-state index < -0.39 is 0 Å². The number of para-hydroxylation sites is 1. The van der Waals surface area contributed by atoms with Gasteiger partial charge in [-0.2, -0.15) is 11.8 Å². The summed E-state index contributed by atoms with van der Waals surface area (Å²) < 4.78 is 5.78. The molecule has 0 spiro atoms. The highest BCUT2D eigenvalue weighted by molar-refractivity contribution is 7.98. The van der Waals surface area contributed by atoms with Crippen molar-refractivity contribution in [2.75, 3.05) is 38.3 Å². The summed E-state index contributed by atoms with van der Waals surface area (Å²) in [6.45, 7) is 2.14. The highest BCUT2D eigenvalue weighted by atomic mass is 32.2. The normalized spacial score (nSPS) is 21.2. The minimum absolute atomic E-state index is 0.109. The van der Waals surface area contributed by atoms with E-state index in [4.69, 9.17) is 4.74 Å². The van der Waals surface area contributed by atoms with Crippen molar-refractivity contribution in [1.82, 2.24) is 4.90 Å². The summed E-state index contributed by atoms with van der Waals surface area (Å²) in [5, 5.41) is 9.92. The fourth-order valence-electron chi connectivity index (χ4n) is 3.08. The van der Waals surface area contributed by atoms with Crippen LogP contribution in [-0.2, 0) is 4.79 Å². The minimum atomic E-state index is -0.220. The molecular formula is C18H27NO3S. The monoisotopic (exact) mass is 337 g/mol. The molecule has 0 bridgehead atoms. The molecule has 0 aliphatic carbocycles. The summed E-state index contributed by atoms with van der Waals surface area (Å²) in [7, 11) is 0. The van der Waals surface area contributed by atoms with E-state index in [0.717, 1.165) is 37.3 Å². The van der Waals surface area contributed by atoms with Gasteiger partial charge in [-0.1, -0.05) is 18.2 Å². The van der Waals surface area contributed by atoms with E-state index in [0.29, 0.717) is 19.6 Å². The van der Waals surface area contributed by atoms with Crippen LogP contribution in [0.25, 0.3) is 0 Å². The predicted molar refractivity (Wildman–Crippen MR) is 94.9 cm³/mol. The number of amides is 1. The van der Waals surface area contributed by atoms with Gasteiger partial charge >= 0.3 is 0 Å². The standard InChI is InChI=1S/C18H27NO3S/c1-23-13-8-17(21)19-11-5-9-18(14-19,15-20)10-12-22-16-6-3-2-4-7-16/h2-4,6-7,20H,5,8-15H2,1H3. The molecule has 1 heterocycles. The summed E-state index contributed by atoms with van der Waals surface area (Å²) in [5.74, 6) is 1.92. The molecule has 1 amide bonds. The first-order chi connectivity index (χ1) is 11.2. The lowest BCUT2D eigenvalue weighted by Gasteiger charge is -2.42. The average molecular weight is 337 g/mol. The van der Waals surface area contributed by atoms with Gasteiger partial charge in [-0.05, 0) is 37.7 Å². The van der Waals surface area contributed by atoms with E-state index in [2.05, 4.69) is 0 Å². The van der Waals surface area contributed by atoms with E-state index in [9.17, 15) is 9.90 Å². The molecule has 1 aromatic rings. The van der Waals surface area contributed by atoms with Crippen LogP contribution < -0.4 is 4.74 Å². The molecule has 128 valence electrons. The molecular weight excluding hydrogens is 310 g/mol. The predicted octanol–water partition coefficient (Wildman–Crippen LogP) is 2.81. The highest BCUT2D eigenvalue weighted by Crippen LogP contribution is 2.33. The van der Waals surface area contributed by atoms with Gasteiger partial charge in [0.15, 0.2) is 0 Å². The van der Waals surface area contributed by atoms with Crippen LogP contribution in [0.2, 0.25) is 0 Å². The van der Waals surface area contributed by atoms with Crippen LogP contribution in [-0.4, -0.2) is 54.2 Å². The van der Waals surface area contributed by atoms with E-state index in [1.807, 2.05) is 41.5 Å². The number of hydrogen-bond acceptors (Lipinski definition) is 4. The minimum Gasteiger partial charge on any atom is -0.494 e. The molecule has 1 unspecified atom stereocenters. The van der Waals surface area contributed by atoms with Crippen molar-refractivity contribution in [3.8, 4) is 5.75 Å². The Kier molecular flexibility index (Phi) is 7.24. The Morgan fingerprint density at radius 3 is 2.87 bits per heavy atom. The zero-order chi connectivity index (χ0) is 16.5. The zero-order valence-corrected chi connectivity index (χ0v) is 14.7. The van der Waals surface area contributed by atoms with Crippen LogP contribution >= 0.6 is 11.8 Å². The number of nitrogens with zero attached hydrogens (tertiary/aromatic N) is 1. The lowest BCUT2D eigenvalue weighted by molar-refractivity contribution is -0.135. The van der Waals surface area contributed by atoms with E-state index in [1.54, 1.807) is 11.8 Å². The van der Waals surface area contributed by atoms with Gasteiger partial charge in [-0.3, -0.25) is 4.79 Å². The second-order valence-corrected chi connectivity index (χ2v) is 7.22. The quantitative estimate of drug-likeness (QED) is 0.792. The van der Waals surface area contributed by atoms with Gasteiger partial charge in [0.1, 0.15) is 5.75 Å². The fraction of sp³-hybridized carbons (Fsp3) is 0.611. The molecule has 1 fully saturated rings. The lowest BCUT2D eigenvalue weighted by atomic mass is 9.78. The van der Waals surface area contributed by atoms with Gasteiger partial charge in [0.25, 0.3) is 0 Å². The topological polar surface area (TPSA) is 49.8 Å². The molecule has 23 heavy (non-hydrogen) atoms. The zero-order valence-electron chi connectivity index (χ0n) is 13.9. The van der Waals surface area contributed by atoms with Gasteiger partial charge in [0.2, 0.25) is 5.91 Å². The van der Waals surface area contributed by atoms with Gasteiger partial charge < -0.3 is 14.7 Å². The van der Waals surface area contributed by atoms with E-state index in [1.165, 1.54) is 0 Å². The molecule has 0 radical (unpaired) electrons. The first kappa shape index (κ1) is 18.1. The number of benzene rings is 1. The molecule has 1 atom stereocenters. The third-order valence-corrected chi connectivity index (χ3v) is 5.13. The molecule has 1 aliphatic rings. The second-order valence-electron chi connectivity index (χ2n) is 6.23. The largest absolute Gasteiger partial charge is 0.494 e. The number of ether oxygens (including phenoxy) is 1. The number of hydrogen-bond donors (Lipinski definition) is 1. The van der Waals surface area contributed by atoms with Crippen molar-refractivity contribution >= 4 is 17.7 Å². The number of aliphatic hydroxyl groups is 1. The van der Waals surface area contributed by atoms with Crippen LogP contribution in [0, 0.1) is 5.41 Å². The van der Waals surface area contributed by atoms with Crippen LogP contribution in [0.4, 0.5) is 0 Å². The average Bonchev–Trinajstić information content (AvgIpc) is 2.61. The maximum atomic E-state index is 12.3. The third kappa shape index (κ3) is 5.43. The summed E-state index contributed by atoms with van der Waals surface area (Å²) >= 11 is 1.69. The van der Waals surface area contributed by atoms with Gasteiger partial charge in [-0.15, -0.1) is 0 Å². The molecule has 1 aliphatic heterocycles. The van der Waals surface area contributed by atoms with Crippen LogP contribution in [0.1, 0.15) is 25.7 Å². The maximum Gasteiger partial charge on any atom is 0.223 e. The molecule has 2 rings (SSSR count). The Bertz CT molecular complexity index is 482. The SMILES string of the molecule is CSCCC(=O)N1CCCC(CO)(CCOc2ccccc2)C1. The van der Waals surface area contributed by atoms with Crippen molar-refractivity contribution < 1.29 is 14.6 Å². The number of rotatable bonds is 8. The summed E-state index contributed by atoms with van der Waals surface area (Å²) in [4.78, 5) is 14.2. The number of carbonyl (C=O) groups excluding carboxylic acids is 1. The smallest absolute Gasteiger partial charge is 0.223 e. The second kappa shape index (κ2) is 9.18. The van der Waals surface area contributed by atoms with Crippen molar-refractivity contribution in [2.24, 2.45) is 5.41 Å². The molecule has 1 saturated heterocycles. The Morgan fingerprint density at radius 1 is 1.39 bits per heavy atom. The number of piperidine rings is 1. The van der Waals surface area contributed by atoms with Gasteiger partial charge in [0, 0.05) is 30.7 Å². The Morgan fingerprint density at radius 2 is 2.17 bits per heavy atom. The maximum absolute atomic E-state index is 12.3. The molecule has 0 saturated carbocycles. The lowest BCUT2D eigenvalue weighted by Crippen LogP contribution is -2.48. The molecule has 1 aromatic carbocycles. The Labute approximate surface area is 143 Å². The van der Waals surface area contributed by atoms with Crippen LogP contribution in [0.3, 0.4) is 0 Å². The van der Waals surface area contributed by atoms with Crippen LogP contribution in [0.15, 0.2) is 30.3 Å². The van der Waals surface area contributed by atoms with Gasteiger partial charge in [-0.25, -0.2) is 0 Å². The molecule has 4 nitrogen and oxygen atoms in total. The van der Waals surface area contributed by atoms with E-state index >= 15 is 0 Å². The van der Waals surface area contributed by atoms with Crippen molar-refractivity contribution in [3.63, 3.8) is 0 Å². The molecule has 0 aromatic heterocycles. The first-order valence-electron chi connectivity index (χ1n) is 8.24. The van der Waals surface area contributed by atoms with Gasteiger partial charge in [0.05, 0.1) is 13.2 Å². The number of carbonyl (C=O) groups is 1. The van der Waals surface area contributed by atoms with Crippen LogP contribution in [0.5, 0.6) is 5.75 Å². The first-order valence-corrected chi connectivity index (χ1v) is 9.64. The number of aliphatic hydroxyl groups excluding tert-OH is 1.